The number of nitrogens with zero attached hydrogens (tertiary/aromatic N) is 3. The zero-order valence-electron chi connectivity index (χ0n) is 18.0. The third kappa shape index (κ3) is 5.54. The lowest BCUT2D eigenvalue weighted by Gasteiger charge is -2.29. The highest BCUT2D eigenvalue weighted by Gasteiger charge is 2.24. The van der Waals surface area contributed by atoms with Crippen LogP contribution in [0.25, 0.3) is 0 Å². The van der Waals surface area contributed by atoms with Crippen molar-refractivity contribution in [3.8, 4) is 0 Å². The minimum atomic E-state index is -0.328. The molecule has 1 aliphatic heterocycles. The van der Waals surface area contributed by atoms with E-state index in [-0.39, 0.29) is 23.6 Å². The highest BCUT2D eigenvalue weighted by Crippen LogP contribution is 2.18. The molecule has 0 saturated heterocycles. The van der Waals surface area contributed by atoms with Crippen molar-refractivity contribution in [1.29, 1.82) is 0 Å². The predicted molar refractivity (Wildman–Crippen MR) is 115 cm³/mol. The van der Waals surface area contributed by atoms with Gasteiger partial charge in [0.1, 0.15) is 12.4 Å². The van der Waals surface area contributed by atoms with Gasteiger partial charge in [-0.25, -0.2) is 4.98 Å². The average molecular weight is 397 g/mol. The number of aromatic nitrogens is 2. The number of hydrogen-bond donors (Lipinski definition) is 1. The zero-order valence-corrected chi connectivity index (χ0v) is 18.0. The molecule has 0 spiro atoms. The number of carbonyl (C=O) groups is 1. The van der Waals surface area contributed by atoms with E-state index >= 15 is 0 Å². The van der Waals surface area contributed by atoms with E-state index in [0.717, 1.165) is 30.8 Å². The third-order valence-electron chi connectivity index (χ3n) is 5.02. The standard InChI is InChI=1S/C23H32N4O2/c1-5-9-20-24-19-15-26(14-17-10-7-6-8-11-17)13-12-18(19)22(29)27(20)16-21(28)25-23(2,3)4/h6-8,10-11H,5,9,12-16H2,1-4H3,(H,25,28). The second-order valence-corrected chi connectivity index (χ2v) is 8.84. The van der Waals surface area contributed by atoms with Crippen molar-refractivity contribution in [2.45, 2.75) is 72.1 Å². The molecule has 1 aliphatic rings. The highest BCUT2D eigenvalue weighted by atomic mass is 16.2. The molecule has 0 fully saturated rings. The number of hydrogen-bond acceptors (Lipinski definition) is 4. The molecule has 0 aliphatic carbocycles. The minimum Gasteiger partial charge on any atom is -0.350 e. The maximum Gasteiger partial charge on any atom is 0.257 e. The van der Waals surface area contributed by atoms with Gasteiger partial charge in [0.05, 0.1) is 5.69 Å². The van der Waals surface area contributed by atoms with Gasteiger partial charge in [0.2, 0.25) is 5.91 Å². The fourth-order valence-electron chi connectivity index (χ4n) is 3.79. The lowest BCUT2D eigenvalue weighted by Crippen LogP contribution is -2.45. The Morgan fingerprint density at radius 1 is 1.21 bits per heavy atom. The molecular weight excluding hydrogens is 364 g/mol. The van der Waals surface area contributed by atoms with Gasteiger partial charge in [-0.3, -0.25) is 19.1 Å². The van der Waals surface area contributed by atoms with Crippen LogP contribution in [0.2, 0.25) is 0 Å². The van der Waals surface area contributed by atoms with Crippen molar-refractivity contribution in [2.24, 2.45) is 0 Å². The third-order valence-corrected chi connectivity index (χ3v) is 5.02. The fourth-order valence-corrected chi connectivity index (χ4v) is 3.79. The summed E-state index contributed by atoms with van der Waals surface area (Å²) in [5.41, 5.74) is 2.51. The Labute approximate surface area is 173 Å². The molecule has 2 heterocycles. The molecule has 0 atom stereocenters. The second kappa shape index (κ2) is 8.91. The van der Waals surface area contributed by atoms with Crippen molar-refractivity contribution in [1.82, 2.24) is 19.8 Å². The lowest BCUT2D eigenvalue weighted by atomic mass is 10.0. The van der Waals surface area contributed by atoms with Crippen molar-refractivity contribution in [3.05, 3.63) is 63.3 Å². The van der Waals surface area contributed by atoms with Crippen LogP contribution in [-0.4, -0.2) is 32.4 Å². The van der Waals surface area contributed by atoms with Gasteiger partial charge < -0.3 is 5.32 Å². The Bertz CT molecular complexity index is 913. The number of aryl methyl sites for hydroxylation is 1. The van der Waals surface area contributed by atoms with Crippen molar-refractivity contribution in [3.63, 3.8) is 0 Å². The molecule has 1 aromatic heterocycles. The summed E-state index contributed by atoms with van der Waals surface area (Å²) in [5.74, 6) is 0.557. The molecule has 6 heteroatoms. The van der Waals surface area contributed by atoms with E-state index in [1.807, 2.05) is 39.0 Å². The summed E-state index contributed by atoms with van der Waals surface area (Å²) in [5, 5.41) is 2.94. The first-order valence-electron chi connectivity index (χ1n) is 10.5. The molecule has 1 N–H and O–H groups in total. The number of fused-ring (bicyclic) bond motifs is 1. The Hall–Kier alpha value is -2.47. The van der Waals surface area contributed by atoms with Crippen LogP contribution in [0, 0.1) is 0 Å². The largest absolute Gasteiger partial charge is 0.350 e. The van der Waals surface area contributed by atoms with Gasteiger partial charge in [0.25, 0.3) is 5.56 Å². The number of amides is 1. The van der Waals surface area contributed by atoms with Crippen LogP contribution >= 0.6 is 0 Å². The van der Waals surface area contributed by atoms with E-state index in [0.29, 0.717) is 25.2 Å². The highest BCUT2D eigenvalue weighted by molar-refractivity contribution is 5.76. The number of benzene rings is 1. The van der Waals surface area contributed by atoms with Crippen LogP contribution in [0.5, 0.6) is 0 Å². The van der Waals surface area contributed by atoms with Crippen LogP contribution < -0.4 is 10.9 Å². The van der Waals surface area contributed by atoms with E-state index < -0.39 is 0 Å². The zero-order chi connectivity index (χ0) is 21.0. The smallest absolute Gasteiger partial charge is 0.257 e. The first kappa shape index (κ1) is 21.2. The first-order chi connectivity index (χ1) is 13.8. The minimum absolute atomic E-state index is 0.0272. The molecule has 0 radical (unpaired) electrons. The molecule has 2 aromatic rings. The Kier molecular flexibility index (Phi) is 6.52. The molecule has 3 rings (SSSR count). The number of rotatable bonds is 6. The van der Waals surface area contributed by atoms with Crippen LogP contribution in [0.15, 0.2) is 35.1 Å². The maximum atomic E-state index is 13.2. The van der Waals surface area contributed by atoms with Gasteiger partial charge >= 0.3 is 0 Å². The Morgan fingerprint density at radius 2 is 1.93 bits per heavy atom. The number of nitrogens with one attached hydrogen (secondary N) is 1. The van der Waals surface area contributed by atoms with Crippen molar-refractivity contribution < 1.29 is 4.79 Å². The van der Waals surface area contributed by atoms with Gasteiger partial charge in [-0.2, -0.15) is 0 Å². The van der Waals surface area contributed by atoms with E-state index in [1.54, 1.807) is 4.57 Å². The summed E-state index contributed by atoms with van der Waals surface area (Å²) < 4.78 is 1.58. The Balaban J connectivity index is 1.85. The first-order valence-corrected chi connectivity index (χ1v) is 10.5. The summed E-state index contributed by atoms with van der Waals surface area (Å²) in [6, 6.07) is 10.4. The predicted octanol–water partition coefficient (Wildman–Crippen LogP) is 2.67. The molecule has 156 valence electrons. The van der Waals surface area contributed by atoms with Crippen molar-refractivity contribution >= 4 is 5.91 Å². The molecule has 0 unspecified atom stereocenters. The summed E-state index contributed by atoms with van der Waals surface area (Å²) in [7, 11) is 0. The maximum absolute atomic E-state index is 13.2. The number of carbonyl (C=O) groups excluding carboxylic acids is 1. The monoisotopic (exact) mass is 396 g/mol. The van der Waals surface area contributed by atoms with Crippen LogP contribution in [0.4, 0.5) is 0 Å². The summed E-state index contributed by atoms with van der Waals surface area (Å²) in [6.45, 7) is 10.2. The normalized spacial score (nSPS) is 14.5. The van der Waals surface area contributed by atoms with Gasteiger partial charge in [0.15, 0.2) is 0 Å². The quantitative estimate of drug-likeness (QED) is 0.815. The van der Waals surface area contributed by atoms with E-state index in [4.69, 9.17) is 4.98 Å². The van der Waals surface area contributed by atoms with E-state index in [1.165, 1.54) is 5.56 Å². The molecular formula is C23H32N4O2. The lowest BCUT2D eigenvalue weighted by molar-refractivity contribution is -0.123. The molecule has 29 heavy (non-hydrogen) atoms. The summed E-state index contributed by atoms with van der Waals surface area (Å²) >= 11 is 0. The molecule has 6 nitrogen and oxygen atoms in total. The van der Waals surface area contributed by atoms with Crippen LogP contribution in [-0.2, 0) is 37.3 Å². The molecule has 0 saturated carbocycles. The van der Waals surface area contributed by atoms with Gasteiger partial charge in [-0.1, -0.05) is 37.3 Å². The fraction of sp³-hybridized carbons (Fsp3) is 0.522. The average Bonchev–Trinajstić information content (AvgIpc) is 2.64. The van der Waals surface area contributed by atoms with Gasteiger partial charge in [-0.15, -0.1) is 0 Å². The van der Waals surface area contributed by atoms with Gasteiger partial charge in [-0.05, 0) is 39.2 Å². The van der Waals surface area contributed by atoms with Crippen molar-refractivity contribution in [2.75, 3.05) is 6.54 Å². The van der Waals surface area contributed by atoms with Gasteiger partial charge in [0, 0.05) is 37.2 Å². The summed E-state index contributed by atoms with van der Waals surface area (Å²) in [4.78, 5) is 32.8. The summed E-state index contributed by atoms with van der Waals surface area (Å²) in [6.07, 6.45) is 2.23. The Morgan fingerprint density at radius 3 is 2.59 bits per heavy atom. The van der Waals surface area contributed by atoms with E-state index in [2.05, 4.69) is 29.3 Å². The second-order valence-electron chi connectivity index (χ2n) is 8.84. The molecule has 1 amide bonds. The van der Waals surface area contributed by atoms with Crippen LogP contribution in [0.1, 0.15) is 56.8 Å². The topological polar surface area (TPSA) is 67.2 Å². The van der Waals surface area contributed by atoms with Crippen LogP contribution in [0.3, 0.4) is 0 Å². The molecule has 0 bridgehead atoms. The SMILES string of the molecule is CCCc1nc2c(c(=O)n1CC(=O)NC(C)(C)C)CCN(Cc1ccccc1)C2. The van der Waals surface area contributed by atoms with E-state index in [9.17, 15) is 9.59 Å². The molecule has 1 aromatic carbocycles.